The van der Waals surface area contributed by atoms with Gasteiger partial charge in [0.05, 0.1) is 18.5 Å². The van der Waals surface area contributed by atoms with Crippen LogP contribution >= 0.6 is 0 Å². The van der Waals surface area contributed by atoms with Crippen molar-refractivity contribution in [1.82, 2.24) is 0 Å². The number of anilines is 3. The average Bonchev–Trinajstić information content (AvgIpc) is 2.65. The van der Waals surface area contributed by atoms with Gasteiger partial charge >= 0.3 is 0 Å². The molecule has 3 rings (SSSR count). The largest absolute Gasteiger partial charge is 0.495 e. The Morgan fingerprint density at radius 2 is 1.44 bits per heavy atom. The molecule has 3 aromatic carbocycles. The van der Waals surface area contributed by atoms with Gasteiger partial charge < -0.3 is 10.1 Å². The smallest absolute Gasteiger partial charge is 0.265 e. The minimum absolute atomic E-state index is 0.107. The van der Waals surface area contributed by atoms with Gasteiger partial charge in [0.1, 0.15) is 10.6 Å². The summed E-state index contributed by atoms with van der Waals surface area (Å²) in [6.45, 7) is 3.85. The molecule has 0 aromatic heterocycles. The molecule has 0 radical (unpaired) electrons. The zero-order chi connectivity index (χ0) is 19.4. The highest BCUT2D eigenvalue weighted by Crippen LogP contribution is 2.31. The Morgan fingerprint density at radius 1 is 0.815 bits per heavy atom. The fourth-order valence-corrected chi connectivity index (χ4v) is 4.00. The van der Waals surface area contributed by atoms with Gasteiger partial charge in [-0.05, 0) is 55.8 Å². The molecular weight excluding hydrogens is 360 g/mol. The van der Waals surface area contributed by atoms with E-state index in [9.17, 15) is 8.42 Å². The van der Waals surface area contributed by atoms with Gasteiger partial charge in [0, 0.05) is 5.69 Å². The van der Waals surface area contributed by atoms with Gasteiger partial charge in [-0.1, -0.05) is 35.9 Å². The first-order valence-corrected chi connectivity index (χ1v) is 9.97. The summed E-state index contributed by atoms with van der Waals surface area (Å²) < 4.78 is 33.8. The fourth-order valence-electron chi connectivity index (χ4n) is 2.67. The molecule has 27 heavy (non-hydrogen) atoms. The van der Waals surface area contributed by atoms with Crippen molar-refractivity contribution in [3.8, 4) is 5.75 Å². The standard InChI is InChI=1S/C21H22N2O3S/c1-15-8-11-17(12-9-15)22-18-6-4-5-7-19(18)23-27(24,25)21-14-16(2)10-13-20(21)26-3/h4-14,22-23H,1-3H3. The highest BCUT2D eigenvalue weighted by Gasteiger charge is 2.21. The molecule has 0 saturated heterocycles. The van der Waals surface area contributed by atoms with Gasteiger partial charge in [0.15, 0.2) is 0 Å². The van der Waals surface area contributed by atoms with Gasteiger partial charge in [-0.15, -0.1) is 0 Å². The van der Waals surface area contributed by atoms with Crippen LogP contribution in [0.1, 0.15) is 11.1 Å². The summed E-state index contributed by atoms with van der Waals surface area (Å²) in [4.78, 5) is 0.107. The number of ether oxygens (including phenoxy) is 1. The summed E-state index contributed by atoms with van der Waals surface area (Å²) in [5.74, 6) is 0.303. The Morgan fingerprint density at radius 3 is 2.11 bits per heavy atom. The number of benzene rings is 3. The van der Waals surface area contributed by atoms with Crippen LogP contribution in [0.4, 0.5) is 17.1 Å². The summed E-state index contributed by atoms with van der Waals surface area (Å²) in [7, 11) is -2.36. The Hall–Kier alpha value is -2.99. The van der Waals surface area contributed by atoms with Crippen molar-refractivity contribution in [3.05, 3.63) is 77.9 Å². The van der Waals surface area contributed by atoms with E-state index in [1.165, 1.54) is 7.11 Å². The lowest BCUT2D eigenvalue weighted by Gasteiger charge is -2.16. The number of para-hydroxylation sites is 2. The summed E-state index contributed by atoms with van der Waals surface area (Å²) >= 11 is 0. The number of rotatable bonds is 6. The lowest BCUT2D eigenvalue weighted by Crippen LogP contribution is -2.15. The van der Waals surface area contributed by atoms with Crippen molar-refractivity contribution >= 4 is 27.1 Å². The van der Waals surface area contributed by atoms with Gasteiger partial charge in [-0.2, -0.15) is 0 Å². The molecular formula is C21H22N2O3S. The number of methoxy groups -OCH3 is 1. The predicted octanol–water partition coefficient (Wildman–Crippen LogP) is 4.86. The molecule has 0 saturated carbocycles. The summed E-state index contributed by atoms with van der Waals surface area (Å²) in [5, 5.41) is 3.26. The maximum Gasteiger partial charge on any atom is 0.265 e. The third-order valence-electron chi connectivity index (χ3n) is 4.11. The lowest BCUT2D eigenvalue weighted by atomic mass is 10.2. The minimum atomic E-state index is -3.82. The van der Waals surface area contributed by atoms with Crippen molar-refractivity contribution in [2.75, 3.05) is 17.1 Å². The van der Waals surface area contributed by atoms with E-state index in [-0.39, 0.29) is 4.90 Å². The second-order valence-corrected chi connectivity index (χ2v) is 7.95. The predicted molar refractivity (Wildman–Crippen MR) is 109 cm³/mol. The van der Waals surface area contributed by atoms with Crippen LogP contribution in [0, 0.1) is 13.8 Å². The summed E-state index contributed by atoms with van der Waals surface area (Å²) in [5.41, 5.74) is 3.99. The Bertz CT molecular complexity index is 1050. The highest BCUT2D eigenvalue weighted by molar-refractivity contribution is 7.92. The van der Waals surface area contributed by atoms with Crippen molar-refractivity contribution < 1.29 is 13.2 Å². The molecule has 5 nitrogen and oxygen atoms in total. The second-order valence-electron chi connectivity index (χ2n) is 6.30. The first-order valence-electron chi connectivity index (χ1n) is 8.49. The van der Waals surface area contributed by atoms with E-state index >= 15 is 0 Å². The van der Waals surface area contributed by atoms with Crippen molar-refractivity contribution in [1.29, 1.82) is 0 Å². The maximum atomic E-state index is 13.0. The van der Waals surface area contributed by atoms with E-state index < -0.39 is 10.0 Å². The van der Waals surface area contributed by atoms with Crippen LogP contribution in [0.3, 0.4) is 0 Å². The number of hydrogen-bond acceptors (Lipinski definition) is 4. The molecule has 0 spiro atoms. The number of aryl methyl sites for hydroxylation is 2. The Balaban J connectivity index is 1.94. The highest BCUT2D eigenvalue weighted by atomic mass is 32.2. The molecule has 0 amide bonds. The molecule has 0 aliphatic rings. The van der Waals surface area contributed by atoms with Crippen molar-refractivity contribution in [3.63, 3.8) is 0 Å². The van der Waals surface area contributed by atoms with E-state index in [4.69, 9.17) is 4.74 Å². The van der Waals surface area contributed by atoms with Gasteiger partial charge in [0.2, 0.25) is 0 Å². The van der Waals surface area contributed by atoms with Crippen LogP contribution in [0.15, 0.2) is 71.6 Å². The Labute approximate surface area is 160 Å². The van der Waals surface area contributed by atoms with Gasteiger partial charge in [-0.25, -0.2) is 8.42 Å². The van der Waals surface area contributed by atoms with Gasteiger partial charge in [0.25, 0.3) is 10.0 Å². The average molecular weight is 382 g/mol. The second kappa shape index (κ2) is 7.72. The van der Waals surface area contributed by atoms with Crippen LogP contribution < -0.4 is 14.8 Å². The van der Waals surface area contributed by atoms with Crippen molar-refractivity contribution in [2.45, 2.75) is 18.7 Å². The molecule has 0 unspecified atom stereocenters. The maximum absolute atomic E-state index is 13.0. The minimum Gasteiger partial charge on any atom is -0.495 e. The number of sulfonamides is 1. The number of nitrogens with one attached hydrogen (secondary N) is 2. The third-order valence-corrected chi connectivity index (χ3v) is 5.50. The first-order chi connectivity index (χ1) is 12.9. The Kier molecular flexibility index (Phi) is 5.37. The van der Waals surface area contributed by atoms with Crippen LogP contribution in [0.25, 0.3) is 0 Å². The fraction of sp³-hybridized carbons (Fsp3) is 0.143. The van der Waals surface area contributed by atoms with E-state index in [0.717, 1.165) is 16.8 Å². The summed E-state index contributed by atoms with van der Waals surface area (Å²) in [6, 6.07) is 20.1. The van der Waals surface area contributed by atoms with Gasteiger partial charge in [-0.3, -0.25) is 4.72 Å². The third kappa shape index (κ3) is 4.41. The van der Waals surface area contributed by atoms with E-state index in [1.807, 2.05) is 56.3 Å². The first kappa shape index (κ1) is 18.8. The zero-order valence-electron chi connectivity index (χ0n) is 15.5. The van der Waals surface area contributed by atoms with Crippen molar-refractivity contribution in [2.24, 2.45) is 0 Å². The van der Waals surface area contributed by atoms with Crippen LogP contribution in [-0.2, 0) is 10.0 Å². The van der Waals surface area contributed by atoms with Crippen LogP contribution in [-0.4, -0.2) is 15.5 Å². The summed E-state index contributed by atoms with van der Waals surface area (Å²) in [6.07, 6.45) is 0. The molecule has 0 aliphatic carbocycles. The molecule has 0 bridgehead atoms. The lowest BCUT2D eigenvalue weighted by molar-refractivity contribution is 0.402. The molecule has 0 heterocycles. The zero-order valence-corrected chi connectivity index (χ0v) is 16.3. The molecule has 3 aromatic rings. The topological polar surface area (TPSA) is 67.4 Å². The normalized spacial score (nSPS) is 11.1. The SMILES string of the molecule is COc1ccc(C)cc1S(=O)(=O)Nc1ccccc1Nc1ccc(C)cc1. The van der Waals surface area contributed by atoms with E-state index in [0.29, 0.717) is 17.1 Å². The van der Waals surface area contributed by atoms with E-state index in [2.05, 4.69) is 10.0 Å². The number of hydrogen-bond donors (Lipinski definition) is 2. The monoisotopic (exact) mass is 382 g/mol. The quantitative estimate of drug-likeness (QED) is 0.639. The molecule has 0 fully saturated rings. The van der Waals surface area contributed by atoms with Crippen LogP contribution in [0.2, 0.25) is 0 Å². The molecule has 0 aliphatic heterocycles. The molecule has 0 atom stereocenters. The van der Waals surface area contributed by atoms with E-state index in [1.54, 1.807) is 24.3 Å². The van der Waals surface area contributed by atoms with Crippen LogP contribution in [0.5, 0.6) is 5.75 Å². The molecule has 2 N–H and O–H groups in total. The molecule has 6 heteroatoms. The molecule has 140 valence electrons.